The maximum absolute atomic E-state index is 10.2. The van der Waals surface area contributed by atoms with Gasteiger partial charge in [0.05, 0.1) is 12.7 Å². The Balaban J connectivity index is 3.24. The zero-order valence-corrected chi connectivity index (χ0v) is 21.1. The van der Waals surface area contributed by atoms with Crippen LogP contribution in [0.15, 0.2) is 18.2 Å². The number of aliphatic hydroxyl groups is 1. The van der Waals surface area contributed by atoms with E-state index < -0.39 is 22.7 Å². The smallest absolute Gasteiger partial charge is 0.250 e. The topological polar surface area (TPSA) is 64.7 Å². The quantitative estimate of drug-likeness (QED) is 0.574. The third kappa shape index (κ3) is 6.16. The van der Waals surface area contributed by atoms with Crippen molar-refractivity contribution < 1.29 is 14.0 Å². The number of hydrogen-bond donors (Lipinski definition) is 2. The second-order valence-electron chi connectivity index (χ2n) is 10.5. The first-order valence-corrected chi connectivity index (χ1v) is 15.7. The molecular formula is C21H41NO3Si2. The maximum Gasteiger partial charge on any atom is 0.250 e. The minimum atomic E-state index is -1.97. The Labute approximate surface area is 168 Å². The van der Waals surface area contributed by atoms with Crippen molar-refractivity contribution in [2.75, 3.05) is 6.54 Å². The summed E-state index contributed by atoms with van der Waals surface area (Å²) in [5.41, 5.74) is 7.46. The van der Waals surface area contributed by atoms with E-state index in [1.807, 2.05) is 18.2 Å². The summed E-state index contributed by atoms with van der Waals surface area (Å²) in [6.45, 7) is 23.1. The van der Waals surface area contributed by atoms with Gasteiger partial charge in [0.2, 0.25) is 8.32 Å². The third-order valence-electron chi connectivity index (χ3n) is 6.26. The fourth-order valence-electron chi connectivity index (χ4n) is 2.06. The average Bonchev–Trinajstić information content (AvgIpc) is 2.50. The number of rotatable bonds is 7. The van der Waals surface area contributed by atoms with E-state index in [-0.39, 0.29) is 16.6 Å². The molecule has 0 aliphatic rings. The van der Waals surface area contributed by atoms with E-state index in [4.69, 9.17) is 14.6 Å². The third-order valence-corrected chi connectivity index (χ3v) is 15.1. The predicted molar refractivity (Wildman–Crippen MR) is 120 cm³/mol. The molecule has 0 bridgehead atoms. The van der Waals surface area contributed by atoms with Crippen LogP contribution in [0.25, 0.3) is 0 Å². The minimum Gasteiger partial charge on any atom is -0.543 e. The second-order valence-corrected chi connectivity index (χ2v) is 20.1. The van der Waals surface area contributed by atoms with E-state index in [0.717, 1.165) is 16.9 Å². The second kappa shape index (κ2) is 8.37. The van der Waals surface area contributed by atoms with Crippen LogP contribution in [0.4, 0.5) is 0 Å². The fraction of sp³-hybridized carbons (Fsp3) is 0.714. The number of benzene rings is 1. The summed E-state index contributed by atoms with van der Waals surface area (Å²) in [6, 6.07) is 5.88. The van der Waals surface area contributed by atoms with Crippen LogP contribution >= 0.6 is 0 Å². The van der Waals surface area contributed by atoms with E-state index in [1.165, 1.54) is 0 Å². The molecule has 6 heteroatoms. The fourth-order valence-corrected chi connectivity index (χ4v) is 4.06. The molecule has 0 spiro atoms. The first-order valence-electron chi connectivity index (χ1n) is 9.86. The van der Waals surface area contributed by atoms with Gasteiger partial charge in [-0.3, -0.25) is 0 Å². The van der Waals surface area contributed by atoms with Crippen molar-refractivity contribution in [3.05, 3.63) is 29.3 Å². The summed E-state index contributed by atoms with van der Waals surface area (Å²) in [7, 11) is -3.86. The molecule has 0 aliphatic carbocycles. The molecule has 0 amide bonds. The molecule has 4 nitrogen and oxygen atoms in total. The highest BCUT2D eigenvalue weighted by molar-refractivity contribution is 6.75. The van der Waals surface area contributed by atoms with Gasteiger partial charge in [-0.25, -0.2) is 0 Å². The van der Waals surface area contributed by atoms with Crippen LogP contribution in [0, 0.1) is 0 Å². The van der Waals surface area contributed by atoms with Crippen molar-refractivity contribution in [1.82, 2.24) is 0 Å². The molecule has 1 aromatic carbocycles. The summed E-state index contributed by atoms with van der Waals surface area (Å²) in [6.07, 6.45) is -0.668. The van der Waals surface area contributed by atoms with Crippen LogP contribution in [0.5, 0.6) is 5.75 Å². The van der Waals surface area contributed by atoms with E-state index in [0.29, 0.717) is 6.61 Å². The van der Waals surface area contributed by atoms with Crippen LogP contribution in [0.2, 0.25) is 36.3 Å². The molecule has 1 aromatic rings. The molecule has 27 heavy (non-hydrogen) atoms. The number of hydrogen-bond acceptors (Lipinski definition) is 4. The molecule has 0 aromatic heterocycles. The highest BCUT2D eigenvalue weighted by Gasteiger charge is 2.40. The van der Waals surface area contributed by atoms with Gasteiger partial charge in [-0.05, 0) is 54.0 Å². The zero-order chi connectivity index (χ0) is 21.3. The Morgan fingerprint density at radius 2 is 1.48 bits per heavy atom. The van der Waals surface area contributed by atoms with Crippen molar-refractivity contribution in [3.63, 3.8) is 0 Å². The molecule has 0 aliphatic heterocycles. The zero-order valence-electron chi connectivity index (χ0n) is 19.1. The van der Waals surface area contributed by atoms with Crippen LogP contribution in [-0.4, -0.2) is 28.3 Å². The maximum atomic E-state index is 10.2. The molecule has 0 fully saturated rings. The average molecular weight is 412 g/mol. The van der Waals surface area contributed by atoms with Crippen LogP contribution in [0.3, 0.4) is 0 Å². The van der Waals surface area contributed by atoms with Crippen LogP contribution in [-0.2, 0) is 11.0 Å². The first-order chi connectivity index (χ1) is 12.0. The Morgan fingerprint density at radius 1 is 0.963 bits per heavy atom. The first kappa shape index (κ1) is 24.4. The van der Waals surface area contributed by atoms with Crippen LogP contribution in [0.1, 0.15) is 58.8 Å². The molecule has 0 saturated carbocycles. The Kier molecular flexibility index (Phi) is 7.56. The van der Waals surface area contributed by atoms with Crippen molar-refractivity contribution in [1.29, 1.82) is 0 Å². The van der Waals surface area contributed by atoms with Gasteiger partial charge >= 0.3 is 0 Å². The van der Waals surface area contributed by atoms with Gasteiger partial charge in [-0.2, -0.15) is 0 Å². The number of nitrogens with two attached hydrogens (primary N) is 1. The van der Waals surface area contributed by atoms with Gasteiger partial charge in [0.15, 0.2) is 8.32 Å². The molecule has 1 unspecified atom stereocenters. The molecular weight excluding hydrogens is 370 g/mol. The van der Waals surface area contributed by atoms with Gasteiger partial charge in [-0.15, -0.1) is 0 Å². The molecule has 0 heterocycles. The van der Waals surface area contributed by atoms with Gasteiger partial charge < -0.3 is 19.7 Å². The lowest BCUT2D eigenvalue weighted by Gasteiger charge is -2.38. The standard InChI is InChI=1S/C21H41NO3Si2/c1-20(2,3)26(7,8)24-15-17-13-16(18(23)14-22)11-12-19(17)25-27(9,10)21(4,5)6/h11-13,18,23H,14-15,22H2,1-10H3. The molecule has 156 valence electrons. The Hall–Kier alpha value is -0.666. The minimum absolute atomic E-state index is 0.111. The lowest BCUT2D eigenvalue weighted by Crippen LogP contribution is -2.44. The summed E-state index contributed by atoms with van der Waals surface area (Å²) in [4.78, 5) is 0. The van der Waals surface area contributed by atoms with E-state index in [2.05, 4.69) is 67.7 Å². The van der Waals surface area contributed by atoms with Crippen molar-refractivity contribution in [2.24, 2.45) is 5.73 Å². The molecule has 1 rings (SSSR count). The molecule has 3 N–H and O–H groups in total. The molecule has 1 atom stereocenters. The van der Waals surface area contributed by atoms with E-state index >= 15 is 0 Å². The highest BCUT2D eigenvalue weighted by atomic mass is 28.4. The Morgan fingerprint density at radius 3 is 1.93 bits per heavy atom. The summed E-state index contributed by atoms with van der Waals surface area (Å²) in [5.74, 6) is 0.869. The Bertz CT molecular complexity index is 631. The normalized spacial score (nSPS) is 15.0. The van der Waals surface area contributed by atoms with Gasteiger partial charge in [-0.1, -0.05) is 47.6 Å². The van der Waals surface area contributed by atoms with E-state index in [1.54, 1.807) is 0 Å². The van der Waals surface area contributed by atoms with Gasteiger partial charge in [0.25, 0.3) is 0 Å². The monoisotopic (exact) mass is 411 g/mol. The summed E-state index contributed by atoms with van der Waals surface area (Å²) in [5, 5.41) is 10.4. The van der Waals surface area contributed by atoms with E-state index in [9.17, 15) is 5.11 Å². The predicted octanol–water partition coefficient (Wildman–Crippen LogP) is 5.58. The SMILES string of the molecule is CC(C)(C)[Si](C)(C)OCc1cc(C(O)CN)ccc1O[Si](C)(C)C(C)(C)C. The van der Waals surface area contributed by atoms with Crippen molar-refractivity contribution in [2.45, 2.75) is 90.5 Å². The summed E-state index contributed by atoms with van der Waals surface area (Å²) >= 11 is 0. The lowest BCUT2D eigenvalue weighted by molar-refractivity contribution is 0.186. The highest BCUT2D eigenvalue weighted by Crippen LogP contribution is 2.40. The largest absolute Gasteiger partial charge is 0.543 e. The van der Waals surface area contributed by atoms with Crippen molar-refractivity contribution in [3.8, 4) is 5.75 Å². The lowest BCUT2D eigenvalue weighted by atomic mass is 10.1. The molecule has 0 radical (unpaired) electrons. The van der Waals surface area contributed by atoms with Gasteiger partial charge in [0.1, 0.15) is 5.75 Å². The van der Waals surface area contributed by atoms with Crippen molar-refractivity contribution >= 4 is 16.6 Å². The summed E-state index contributed by atoms with van der Waals surface area (Å²) < 4.78 is 13.0. The molecule has 0 saturated heterocycles. The van der Waals surface area contributed by atoms with Gasteiger partial charge in [0, 0.05) is 12.1 Å². The van der Waals surface area contributed by atoms with Crippen LogP contribution < -0.4 is 10.2 Å². The number of aliphatic hydroxyl groups excluding tert-OH is 1.